The van der Waals surface area contributed by atoms with Crippen molar-refractivity contribution in [3.05, 3.63) is 29.6 Å². The van der Waals surface area contributed by atoms with Crippen LogP contribution in [-0.2, 0) is 11.6 Å². The molecule has 0 saturated heterocycles. The van der Waals surface area contributed by atoms with Gasteiger partial charge >= 0.3 is 6.18 Å². The summed E-state index contributed by atoms with van der Waals surface area (Å²) in [6.07, 6.45) is -1.22. The monoisotopic (exact) mass is 309 g/mol. The van der Waals surface area contributed by atoms with Crippen molar-refractivity contribution in [1.82, 2.24) is 4.98 Å². The molecule has 0 amide bonds. The van der Waals surface area contributed by atoms with Gasteiger partial charge in [0.2, 0.25) is 0 Å². The molecule has 1 rings (SSSR count). The van der Waals surface area contributed by atoms with Crippen molar-refractivity contribution in [2.75, 3.05) is 0 Å². The Morgan fingerprint density at radius 2 is 1.88 bits per heavy atom. The fraction of sp³-hybridized carbons (Fsp3) is 0.583. The van der Waals surface area contributed by atoms with Gasteiger partial charge in [-0.05, 0) is 23.5 Å². The van der Waals surface area contributed by atoms with Gasteiger partial charge in [0.1, 0.15) is 0 Å². The van der Waals surface area contributed by atoms with Gasteiger partial charge < -0.3 is 0 Å². The molecule has 0 saturated carbocycles. The van der Waals surface area contributed by atoms with E-state index in [1.54, 1.807) is 13.8 Å². The highest BCUT2D eigenvalue weighted by atomic mass is 79.9. The predicted molar refractivity (Wildman–Crippen MR) is 65.3 cm³/mol. The molecule has 1 aromatic heterocycles. The lowest BCUT2D eigenvalue weighted by atomic mass is 9.79. The Bertz CT molecular complexity index is 386. The molecule has 0 aliphatic rings. The summed E-state index contributed by atoms with van der Waals surface area (Å²) in [5, 5.41) is 0. The number of aromatic nitrogens is 1. The molecule has 17 heavy (non-hydrogen) atoms. The average molecular weight is 310 g/mol. The van der Waals surface area contributed by atoms with Crippen LogP contribution < -0.4 is 0 Å². The number of pyridine rings is 1. The Morgan fingerprint density at radius 1 is 1.29 bits per heavy atom. The molecule has 0 fully saturated rings. The third kappa shape index (κ3) is 3.69. The van der Waals surface area contributed by atoms with Crippen LogP contribution in [0.2, 0.25) is 0 Å². The molecular formula is C12H15BrF3N. The van der Waals surface area contributed by atoms with Crippen molar-refractivity contribution in [3.8, 4) is 0 Å². The van der Waals surface area contributed by atoms with Crippen molar-refractivity contribution in [3.63, 3.8) is 0 Å². The smallest absolute Gasteiger partial charge is 0.264 e. The van der Waals surface area contributed by atoms with Gasteiger partial charge in [-0.1, -0.05) is 36.7 Å². The lowest BCUT2D eigenvalue weighted by Crippen LogP contribution is -2.25. The number of nitrogens with zero attached hydrogens (tertiary/aromatic N) is 1. The van der Waals surface area contributed by atoms with Crippen molar-refractivity contribution < 1.29 is 13.2 Å². The highest BCUT2D eigenvalue weighted by molar-refractivity contribution is 9.09. The zero-order valence-electron chi connectivity index (χ0n) is 9.98. The molecule has 0 radical (unpaired) electrons. The van der Waals surface area contributed by atoms with E-state index in [-0.39, 0.29) is 10.4 Å². The molecule has 1 aromatic rings. The van der Waals surface area contributed by atoms with E-state index in [4.69, 9.17) is 0 Å². The minimum Gasteiger partial charge on any atom is -0.264 e. The van der Waals surface area contributed by atoms with Crippen LogP contribution in [0.3, 0.4) is 0 Å². The van der Waals surface area contributed by atoms with Crippen molar-refractivity contribution in [2.45, 2.75) is 43.6 Å². The lowest BCUT2D eigenvalue weighted by molar-refractivity contribution is -0.138. The van der Waals surface area contributed by atoms with Crippen LogP contribution in [0.25, 0.3) is 0 Å². The Balaban J connectivity index is 3.22. The number of alkyl halides is 4. The summed E-state index contributed by atoms with van der Waals surface area (Å²) in [6, 6.07) is 1.04. The van der Waals surface area contributed by atoms with Crippen molar-refractivity contribution in [2.24, 2.45) is 0 Å². The molecule has 0 aromatic carbocycles. The van der Waals surface area contributed by atoms with Crippen molar-refractivity contribution >= 4 is 15.9 Å². The van der Waals surface area contributed by atoms with Gasteiger partial charge in [0.05, 0.1) is 5.56 Å². The molecule has 96 valence electrons. The van der Waals surface area contributed by atoms with Gasteiger partial charge in [-0.3, -0.25) is 4.98 Å². The standard InChI is InChI=1S/C12H15BrF3N/c1-8(13)6-11(2,3)10-7-17-5-4-9(10)12(14,15)16/h4-5,7-8H,6H2,1-3H3. The van der Waals surface area contributed by atoms with Gasteiger partial charge in [0, 0.05) is 17.2 Å². The van der Waals surface area contributed by atoms with Crippen LogP contribution in [0.15, 0.2) is 18.5 Å². The Hall–Kier alpha value is -0.580. The molecule has 5 heteroatoms. The van der Waals surface area contributed by atoms with Crippen LogP contribution in [0.1, 0.15) is 38.3 Å². The minimum atomic E-state index is -4.33. The first kappa shape index (κ1) is 14.5. The van der Waals surface area contributed by atoms with E-state index in [1.807, 2.05) is 6.92 Å². The van der Waals surface area contributed by atoms with E-state index in [1.165, 1.54) is 12.4 Å². The normalized spacial score (nSPS) is 14.8. The molecule has 1 heterocycles. The van der Waals surface area contributed by atoms with E-state index in [2.05, 4.69) is 20.9 Å². The SMILES string of the molecule is CC(Br)CC(C)(C)c1cnccc1C(F)(F)F. The fourth-order valence-electron chi connectivity index (χ4n) is 1.99. The fourth-order valence-corrected chi connectivity index (χ4v) is 2.80. The molecular weight excluding hydrogens is 295 g/mol. The van der Waals surface area contributed by atoms with Gasteiger partial charge in [-0.2, -0.15) is 13.2 Å². The zero-order valence-corrected chi connectivity index (χ0v) is 11.6. The zero-order chi connectivity index (χ0) is 13.3. The van der Waals surface area contributed by atoms with Crippen LogP contribution in [0, 0.1) is 0 Å². The highest BCUT2D eigenvalue weighted by Crippen LogP contribution is 2.39. The third-order valence-corrected chi connectivity index (χ3v) is 2.97. The second-order valence-corrected chi connectivity index (χ2v) is 6.35. The number of rotatable bonds is 3. The highest BCUT2D eigenvalue weighted by Gasteiger charge is 2.37. The third-order valence-electron chi connectivity index (χ3n) is 2.65. The van der Waals surface area contributed by atoms with Gasteiger partial charge in [-0.25, -0.2) is 0 Å². The summed E-state index contributed by atoms with van der Waals surface area (Å²) in [4.78, 5) is 3.97. The first-order chi connectivity index (χ1) is 7.64. The van der Waals surface area contributed by atoms with Crippen molar-refractivity contribution in [1.29, 1.82) is 0 Å². The Kier molecular flexibility index (Phi) is 4.23. The number of hydrogen-bond acceptors (Lipinski definition) is 1. The molecule has 0 N–H and O–H groups in total. The number of halogens is 4. The van der Waals surface area contributed by atoms with Gasteiger partial charge in [-0.15, -0.1) is 0 Å². The largest absolute Gasteiger partial charge is 0.416 e. The van der Waals surface area contributed by atoms with Crippen LogP contribution in [0.5, 0.6) is 0 Å². The van der Waals surface area contributed by atoms with Gasteiger partial charge in [0.15, 0.2) is 0 Å². The molecule has 0 spiro atoms. The van der Waals surface area contributed by atoms with E-state index in [0.29, 0.717) is 6.42 Å². The maximum Gasteiger partial charge on any atom is 0.416 e. The summed E-state index contributed by atoms with van der Waals surface area (Å²) in [5.41, 5.74) is -0.911. The first-order valence-electron chi connectivity index (χ1n) is 5.30. The second kappa shape index (κ2) is 4.96. The minimum absolute atomic E-state index is 0.152. The first-order valence-corrected chi connectivity index (χ1v) is 6.22. The van der Waals surface area contributed by atoms with Crippen LogP contribution in [-0.4, -0.2) is 9.81 Å². The topological polar surface area (TPSA) is 12.9 Å². The second-order valence-electron chi connectivity index (χ2n) is 4.79. The molecule has 0 bridgehead atoms. The van der Waals surface area contributed by atoms with Crippen LogP contribution >= 0.6 is 15.9 Å². The van der Waals surface area contributed by atoms with E-state index in [0.717, 1.165) is 6.07 Å². The summed E-state index contributed by atoms with van der Waals surface area (Å²) in [6.45, 7) is 5.53. The Labute approximate surface area is 108 Å². The summed E-state index contributed by atoms with van der Waals surface area (Å²) in [5.74, 6) is 0. The lowest BCUT2D eigenvalue weighted by Gasteiger charge is -2.29. The maximum atomic E-state index is 12.9. The maximum absolute atomic E-state index is 12.9. The van der Waals surface area contributed by atoms with Crippen LogP contribution in [0.4, 0.5) is 13.2 Å². The van der Waals surface area contributed by atoms with E-state index in [9.17, 15) is 13.2 Å². The summed E-state index contributed by atoms with van der Waals surface area (Å²) in [7, 11) is 0. The van der Waals surface area contributed by atoms with Gasteiger partial charge in [0.25, 0.3) is 0 Å². The molecule has 0 aliphatic heterocycles. The number of hydrogen-bond donors (Lipinski definition) is 0. The Morgan fingerprint density at radius 3 is 2.35 bits per heavy atom. The molecule has 1 nitrogen and oxygen atoms in total. The van der Waals surface area contributed by atoms with E-state index >= 15 is 0 Å². The van der Waals surface area contributed by atoms with E-state index < -0.39 is 17.2 Å². The molecule has 0 aliphatic carbocycles. The quantitative estimate of drug-likeness (QED) is 0.746. The average Bonchev–Trinajstić information content (AvgIpc) is 2.14. The molecule has 1 atom stereocenters. The summed E-state index contributed by atoms with van der Waals surface area (Å²) < 4.78 is 38.6. The molecule has 1 unspecified atom stereocenters. The predicted octanol–water partition coefficient (Wildman–Crippen LogP) is 4.55. The summed E-state index contributed by atoms with van der Waals surface area (Å²) >= 11 is 3.38.